The molecule has 1 heterocycles. The van der Waals surface area contributed by atoms with E-state index >= 15 is 0 Å². The highest BCUT2D eigenvalue weighted by molar-refractivity contribution is 5.87. The van der Waals surface area contributed by atoms with Crippen LogP contribution in [0, 0.1) is 17.8 Å². The zero-order valence-electron chi connectivity index (χ0n) is 30.1. The molecule has 1 fully saturated rings. The molecule has 47 heavy (non-hydrogen) atoms. The smallest absolute Gasteiger partial charge is 0.242 e. The van der Waals surface area contributed by atoms with E-state index < -0.39 is 30.3 Å². The van der Waals surface area contributed by atoms with E-state index in [1.54, 1.807) is 43.0 Å². The Kier molecular flexibility index (Phi) is 16.3. The van der Waals surface area contributed by atoms with Crippen LogP contribution in [0.4, 0.5) is 0 Å². The van der Waals surface area contributed by atoms with Crippen LogP contribution in [-0.2, 0) is 28.7 Å². The number of aliphatic hydroxyl groups is 1. The fourth-order valence-corrected chi connectivity index (χ4v) is 6.62. The maximum Gasteiger partial charge on any atom is 0.242 e. The number of hydrogen-bond acceptors (Lipinski definition) is 8. The standard InChI is InChI=1S/C35H59N5O7/c1-11-23(4)32(39(8)30(43)21-37-35(45)31(22(2)3)38(6)7)28(46-9)19-29(42)40-18-17-26(40)33(47-10)24(5)34(44)36-20-27(41)25-15-13-12-14-16-25/h12-16,22-24,26-28,31-33,41H,11,17-21H2,1-10H3,(H,36,44)(H,37,45)/t23?,24?,26?,27?,28?,31?,32?,33-/m1/s1. The first-order chi connectivity index (χ1) is 22.2. The van der Waals surface area contributed by atoms with Crippen molar-refractivity contribution in [2.75, 3.05) is 55.0 Å². The van der Waals surface area contributed by atoms with Crippen molar-refractivity contribution in [3.63, 3.8) is 0 Å². The summed E-state index contributed by atoms with van der Waals surface area (Å²) in [5.74, 6) is -1.38. The third-order valence-electron chi connectivity index (χ3n) is 9.60. The number of nitrogens with one attached hydrogen (secondary N) is 2. The maximum atomic E-state index is 13.7. The molecule has 8 atom stereocenters. The van der Waals surface area contributed by atoms with Crippen molar-refractivity contribution < 1.29 is 33.8 Å². The minimum absolute atomic E-state index is 0.0106. The van der Waals surface area contributed by atoms with Crippen LogP contribution in [0.15, 0.2) is 30.3 Å². The summed E-state index contributed by atoms with van der Waals surface area (Å²) in [6.07, 6.45) is -0.489. The van der Waals surface area contributed by atoms with Crippen LogP contribution < -0.4 is 10.6 Å². The van der Waals surface area contributed by atoms with Gasteiger partial charge in [0.05, 0.1) is 55.3 Å². The molecule has 1 aliphatic rings. The second-order valence-corrected chi connectivity index (χ2v) is 13.3. The molecule has 12 nitrogen and oxygen atoms in total. The SMILES string of the molecule is CCC(C)C(C(CC(=O)N1CCC1[C@H](OC)C(C)C(=O)NCC(O)c1ccccc1)OC)N(C)C(=O)CNC(=O)C(C(C)C)N(C)C. The number of nitrogens with zero attached hydrogens (tertiary/aromatic N) is 3. The monoisotopic (exact) mass is 661 g/mol. The normalized spacial score (nSPS) is 19.2. The number of carbonyl (C=O) groups is 4. The lowest BCUT2D eigenvalue weighted by Gasteiger charge is -2.47. The first-order valence-electron chi connectivity index (χ1n) is 16.7. The summed E-state index contributed by atoms with van der Waals surface area (Å²) in [6, 6.07) is 8.05. The Labute approximate surface area is 281 Å². The summed E-state index contributed by atoms with van der Waals surface area (Å²) in [4.78, 5) is 58.1. The Balaban J connectivity index is 2.07. The summed E-state index contributed by atoms with van der Waals surface area (Å²) < 4.78 is 11.6. The number of aliphatic hydroxyl groups excluding tert-OH is 1. The van der Waals surface area contributed by atoms with Gasteiger partial charge in [-0.1, -0.05) is 71.4 Å². The summed E-state index contributed by atoms with van der Waals surface area (Å²) in [5, 5.41) is 16.1. The van der Waals surface area contributed by atoms with Crippen molar-refractivity contribution in [3.05, 3.63) is 35.9 Å². The van der Waals surface area contributed by atoms with Gasteiger partial charge in [-0.25, -0.2) is 0 Å². The first-order valence-corrected chi connectivity index (χ1v) is 16.7. The molecule has 0 saturated carbocycles. The molecule has 1 aliphatic heterocycles. The summed E-state index contributed by atoms with van der Waals surface area (Å²) >= 11 is 0. The average Bonchev–Trinajstić information content (AvgIpc) is 3.02. The molecule has 2 rings (SSSR count). The molecular weight excluding hydrogens is 602 g/mol. The molecule has 266 valence electrons. The van der Waals surface area contributed by atoms with E-state index in [1.165, 1.54) is 7.11 Å². The highest BCUT2D eigenvalue weighted by Gasteiger charge is 2.44. The summed E-state index contributed by atoms with van der Waals surface area (Å²) in [6.45, 7) is 10.2. The molecule has 0 radical (unpaired) electrons. The topological polar surface area (TPSA) is 141 Å². The third-order valence-corrected chi connectivity index (χ3v) is 9.60. The Bertz CT molecular complexity index is 1140. The molecule has 1 aromatic carbocycles. The summed E-state index contributed by atoms with van der Waals surface area (Å²) in [7, 11) is 8.44. The van der Waals surface area contributed by atoms with E-state index in [2.05, 4.69) is 10.6 Å². The molecule has 0 aliphatic carbocycles. The number of ether oxygens (including phenoxy) is 2. The molecule has 0 spiro atoms. The van der Waals surface area contributed by atoms with Crippen LogP contribution in [0.5, 0.6) is 0 Å². The van der Waals surface area contributed by atoms with Gasteiger partial charge in [0.25, 0.3) is 0 Å². The lowest BCUT2D eigenvalue weighted by Crippen LogP contribution is -2.61. The second-order valence-electron chi connectivity index (χ2n) is 13.3. The Morgan fingerprint density at radius 3 is 2.11 bits per heavy atom. The number of rotatable bonds is 19. The average molecular weight is 662 g/mol. The minimum Gasteiger partial charge on any atom is -0.387 e. The van der Waals surface area contributed by atoms with Crippen molar-refractivity contribution in [2.24, 2.45) is 17.8 Å². The van der Waals surface area contributed by atoms with Crippen LogP contribution >= 0.6 is 0 Å². The Morgan fingerprint density at radius 1 is 0.979 bits per heavy atom. The Morgan fingerprint density at radius 2 is 1.62 bits per heavy atom. The van der Waals surface area contributed by atoms with E-state index in [1.807, 2.05) is 64.9 Å². The van der Waals surface area contributed by atoms with Crippen molar-refractivity contribution in [1.29, 1.82) is 0 Å². The van der Waals surface area contributed by atoms with Crippen molar-refractivity contribution in [2.45, 2.75) is 90.3 Å². The van der Waals surface area contributed by atoms with Gasteiger partial charge in [0.1, 0.15) is 0 Å². The van der Waals surface area contributed by atoms with E-state index in [4.69, 9.17) is 9.47 Å². The van der Waals surface area contributed by atoms with Gasteiger partial charge in [0.2, 0.25) is 23.6 Å². The van der Waals surface area contributed by atoms with Gasteiger partial charge in [-0.15, -0.1) is 0 Å². The van der Waals surface area contributed by atoms with E-state index in [0.717, 1.165) is 6.42 Å². The molecule has 4 amide bonds. The van der Waals surface area contributed by atoms with Crippen LogP contribution in [0.3, 0.4) is 0 Å². The molecule has 7 unspecified atom stereocenters. The highest BCUT2D eigenvalue weighted by Crippen LogP contribution is 2.30. The highest BCUT2D eigenvalue weighted by atomic mass is 16.5. The Hall–Kier alpha value is -3.06. The number of likely N-dealkylation sites (N-methyl/N-ethyl adjacent to an activating group) is 2. The van der Waals surface area contributed by atoms with Crippen molar-refractivity contribution >= 4 is 23.6 Å². The van der Waals surface area contributed by atoms with E-state index in [0.29, 0.717) is 18.5 Å². The minimum atomic E-state index is -0.837. The zero-order chi connectivity index (χ0) is 35.4. The van der Waals surface area contributed by atoms with Gasteiger partial charge in [0, 0.05) is 34.4 Å². The fraction of sp³-hybridized carbons (Fsp3) is 0.714. The molecule has 1 aromatic rings. The molecule has 0 aromatic heterocycles. The van der Waals surface area contributed by atoms with E-state index in [-0.39, 0.29) is 67.1 Å². The fourth-order valence-electron chi connectivity index (χ4n) is 6.62. The van der Waals surface area contributed by atoms with Gasteiger partial charge >= 0.3 is 0 Å². The number of hydrogen-bond donors (Lipinski definition) is 3. The lowest BCUT2D eigenvalue weighted by atomic mass is 9.86. The number of carbonyl (C=O) groups excluding carboxylic acids is 4. The first kappa shape index (κ1) is 40.1. The van der Waals surface area contributed by atoms with Gasteiger partial charge in [-0.2, -0.15) is 0 Å². The molecule has 1 saturated heterocycles. The van der Waals surface area contributed by atoms with Crippen LogP contribution in [0.25, 0.3) is 0 Å². The van der Waals surface area contributed by atoms with Crippen molar-refractivity contribution in [3.8, 4) is 0 Å². The van der Waals surface area contributed by atoms with Crippen LogP contribution in [0.1, 0.15) is 65.5 Å². The number of benzene rings is 1. The number of methoxy groups -OCH3 is 2. The molecule has 3 N–H and O–H groups in total. The molecular formula is C35H59N5O7. The van der Waals surface area contributed by atoms with Gasteiger partial charge < -0.3 is 35.0 Å². The predicted molar refractivity (Wildman–Crippen MR) is 181 cm³/mol. The molecule has 0 bridgehead atoms. The van der Waals surface area contributed by atoms with E-state index in [9.17, 15) is 24.3 Å². The lowest BCUT2D eigenvalue weighted by molar-refractivity contribution is -0.155. The maximum absolute atomic E-state index is 13.7. The molecule has 12 heteroatoms. The summed E-state index contributed by atoms with van der Waals surface area (Å²) in [5.41, 5.74) is 0.712. The van der Waals surface area contributed by atoms with Crippen LogP contribution in [0.2, 0.25) is 0 Å². The predicted octanol–water partition coefficient (Wildman–Crippen LogP) is 2.07. The number of amides is 4. The van der Waals surface area contributed by atoms with Crippen molar-refractivity contribution in [1.82, 2.24) is 25.3 Å². The number of likely N-dealkylation sites (tertiary alicyclic amines) is 1. The zero-order valence-corrected chi connectivity index (χ0v) is 30.1. The van der Waals surface area contributed by atoms with Gasteiger partial charge in [-0.3, -0.25) is 24.1 Å². The second kappa shape index (κ2) is 19.1. The third kappa shape index (κ3) is 10.7. The largest absolute Gasteiger partial charge is 0.387 e. The van der Waals surface area contributed by atoms with Crippen LogP contribution in [-0.4, -0.2) is 129 Å². The van der Waals surface area contributed by atoms with Gasteiger partial charge in [0.15, 0.2) is 0 Å². The van der Waals surface area contributed by atoms with Gasteiger partial charge in [-0.05, 0) is 37.9 Å². The quantitative estimate of drug-likeness (QED) is 0.205.